The molecule has 28 heavy (non-hydrogen) atoms. The fourth-order valence-corrected chi connectivity index (χ4v) is 3.54. The molecule has 0 saturated carbocycles. The van der Waals surface area contributed by atoms with Gasteiger partial charge in [0.25, 0.3) is 5.91 Å². The Balaban J connectivity index is 1.64. The van der Waals surface area contributed by atoms with Gasteiger partial charge in [-0.1, -0.05) is 38.1 Å². The number of furan rings is 1. The van der Waals surface area contributed by atoms with Crippen molar-refractivity contribution in [3.05, 3.63) is 82.7 Å². The smallest absolute Gasteiger partial charge is 0.290 e. The number of ether oxygens (including phenoxy) is 1. The summed E-state index contributed by atoms with van der Waals surface area (Å²) in [5.74, 6) is 1.41. The van der Waals surface area contributed by atoms with E-state index in [1.54, 1.807) is 23.1 Å². The van der Waals surface area contributed by atoms with E-state index >= 15 is 0 Å². The van der Waals surface area contributed by atoms with Gasteiger partial charge < -0.3 is 14.1 Å². The third-order valence-electron chi connectivity index (χ3n) is 4.21. The standard InChI is InChI=1S/C22H24N2O3S/c1-4-11-24(22(25)20-10-7-12-26-20)13-17-15-28-21(23-17)14-27-19-9-6-5-8-18(19)16(2)3/h4-10,12,15-16H,1,11,13-14H2,2-3H3. The maximum absolute atomic E-state index is 12.6. The molecule has 1 amide bonds. The molecule has 0 radical (unpaired) electrons. The summed E-state index contributed by atoms with van der Waals surface area (Å²) in [5, 5.41) is 2.83. The number of carbonyl (C=O) groups is 1. The number of amides is 1. The molecule has 0 aliphatic carbocycles. The molecule has 3 rings (SSSR count). The van der Waals surface area contributed by atoms with Gasteiger partial charge in [0.05, 0.1) is 18.5 Å². The largest absolute Gasteiger partial charge is 0.486 e. The van der Waals surface area contributed by atoms with Gasteiger partial charge in [0, 0.05) is 11.9 Å². The fourth-order valence-electron chi connectivity index (χ4n) is 2.84. The molecule has 0 saturated heterocycles. The van der Waals surface area contributed by atoms with Crippen LogP contribution in [0.3, 0.4) is 0 Å². The van der Waals surface area contributed by atoms with Crippen LogP contribution in [-0.4, -0.2) is 22.3 Å². The highest BCUT2D eigenvalue weighted by Gasteiger charge is 2.19. The first-order chi connectivity index (χ1) is 13.6. The summed E-state index contributed by atoms with van der Waals surface area (Å²) in [5.41, 5.74) is 2.00. The monoisotopic (exact) mass is 396 g/mol. The summed E-state index contributed by atoms with van der Waals surface area (Å²) in [7, 11) is 0. The third kappa shape index (κ3) is 4.89. The first-order valence-electron chi connectivity index (χ1n) is 9.17. The van der Waals surface area contributed by atoms with E-state index in [0.29, 0.717) is 31.4 Å². The van der Waals surface area contributed by atoms with Crippen LogP contribution in [0.4, 0.5) is 0 Å². The highest BCUT2D eigenvalue weighted by Crippen LogP contribution is 2.27. The summed E-state index contributed by atoms with van der Waals surface area (Å²) in [6.45, 7) is 9.25. The summed E-state index contributed by atoms with van der Waals surface area (Å²) in [6, 6.07) is 11.4. The van der Waals surface area contributed by atoms with Crippen molar-refractivity contribution in [2.75, 3.05) is 6.54 Å². The van der Waals surface area contributed by atoms with E-state index < -0.39 is 0 Å². The minimum absolute atomic E-state index is 0.179. The molecule has 0 N–H and O–H groups in total. The number of aromatic nitrogens is 1. The lowest BCUT2D eigenvalue weighted by Crippen LogP contribution is -2.30. The molecule has 2 aromatic heterocycles. The van der Waals surface area contributed by atoms with Crippen molar-refractivity contribution in [3.63, 3.8) is 0 Å². The first kappa shape index (κ1) is 19.9. The zero-order valence-corrected chi connectivity index (χ0v) is 16.9. The van der Waals surface area contributed by atoms with E-state index in [2.05, 4.69) is 31.5 Å². The van der Waals surface area contributed by atoms with Crippen LogP contribution < -0.4 is 4.74 Å². The van der Waals surface area contributed by atoms with Gasteiger partial charge in [0.2, 0.25) is 0 Å². The van der Waals surface area contributed by atoms with Gasteiger partial charge in [-0.15, -0.1) is 17.9 Å². The SMILES string of the molecule is C=CCN(Cc1csc(COc2ccccc2C(C)C)n1)C(=O)c1ccco1. The first-order valence-corrected chi connectivity index (χ1v) is 10.0. The Hall–Kier alpha value is -2.86. The maximum atomic E-state index is 12.6. The predicted octanol–water partition coefficient (Wildman–Crippen LogP) is 5.27. The topological polar surface area (TPSA) is 55.6 Å². The molecule has 0 spiro atoms. The van der Waals surface area contributed by atoms with Gasteiger partial charge in [0.1, 0.15) is 17.4 Å². The van der Waals surface area contributed by atoms with Crippen LogP contribution in [0.1, 0.15) is 46.6 Å². The molecule has 0 aliphatic heterocycles. The van der Waals surface area contributed by atoms with E-state index in [-0.39, 0.29) is 5.91 Å². The molecule has 146 valence electrons. The average Bonchev–Trinajstić information content (AvgIpc) is 3.38. The quantitative estimate of drug-likeness (QED) is 0.463. The number of hydrogen-bond acceptors (Lipinski definition) is 5. The van der Waals surface area contributed by atoms with Gasteiger partial charge in [-0.05, 0) is 29.7 Å². The van der Waals surface area contributed by atoms with Gasteiger partial charge >= 0.3 is 0 Å². The molecule has 2 heterocycles. The Morgan fingerprint density at radius 3 is 2.86 bits per heavy atom. The minimum Gasteiger partial charge on any atom is -0.486 e. The van der Waals surface area contributed by atoms with E-state index in [4.69, 9.17) is 9.15 Å². The van der Waals surface area contributed by atoms with Crippen LogP contribution in [0.2, 0.25) is 0 Å². The molecule has 0 aliphatic rings. The Kier molecular flexibility index (Phi) is 6.66. The van der Waals surface area contributed by atoms with Crippen LogP contribution in [0, 0.1) is 0 Å². The zero-order chi connectivity index (χ0) is 19.9. The van der Waals surface area contributed by atoms with Gasteiger partial charge in [-0.2, -0.15) is 0 Å². The summed E-state index contributed by atoms with van der Waals surface area (Å²) in [6.07, 6.45) is 3.19. The Morgan fingerprint density at radius 1 is 1.32 bits per heavy atom. The second kappa shape index (κ2) is 9.37. The van der Waals surface area contributed by atoms with Crippen molar-refractivity contribution in [1.29, 1.82) is 0 Å². The van der Waals surface area contributed by atoms with E-state index in [9.17, 15) is 4.79 Å². The second-order valence-corrected chi connectivity index (χ2v) is 7.61. The molecule has 0 bridgehead atoms. The molecule has 0 fully saturated rings. The van der Waals surface area contributed by atoms with Crippen molar-refractivity contribution >= 4 is 17.2 Å². The number of carbonyl (C=O) groups excluding carboxylic acids is 1. The molecule has 0 unspecified atom stereocenters. The van der Waals surface area contributed by atoms with Crippen LogP contribution in [0.5, 0.6) is 5.75 Å². The van der Waals surface area contributed by atoms with Crippen molar-refractivity contribution in [2.24, 2.45) is 0 Å². The van der Waals surface area contributed by atoms with Crippen LogP contribution >= 0.6 is 11.3 Å². The van der Waals surface area contributed by atoms with Gasteiger partial charge in [0.15, 0.2) is 5.76 Å². The summed E-state index contributed by atoms with van der Waals surface area (Å²) >= 11 is 1.53. The fraction of sp³-hybridized carbons (Fsp3) is 0.273. The van der Waals surface area contributed by atoms with Crippen molar-refractivity contribution < 1.29 is 13.9 Å². The minimum atomic E-state index is -0.179. The second-order valence-electron chi connectivity index (χ2n) is 6.67. The van der Waals surface area contributed by atoms with E-state index in [1.165, 1.54) is 23.2 Å². The lowest BCUT2D eigenvalue weighted by molar-refractivity contribution is 0.0729. The van der Waals surface area contributed by atoms with Crippen LogP contribution in [0.15, 0.2) is 65.1 Å². The number of thiazole rings is 1. The molecule has 0 atom stereocenters. The summed E-state index contributed by atoms with van der Waals surface area (Å²) < 4.78 is 11.2. The number of hydrogen-bond donors (Lipinski definition) is 0. The van der Waals surface area contributed by atoms with Gasteiger partial charge in [-0.3, -0.25) is 4.79 Å². The highest BCUT2D eigenvalue weighted by molar-refractivity contribution is 7.09. The summed E-state index contributed by atoms with van der Waals surface area (Å²) in [4.78, 5) is 18.8. The van der Waals surface area contributed by atoms with E-state index in [0.717, 1.165) is 16.5 Å². The van der Waals surface area contributed by atoms with E-state index in [1.807, 2.05) is 23.6 Å². The number of benzene rings is 1. The molecule has 6 heteroatoms. The molecular weight excluding hydrogens is 372 g/mol. The number of para-hydroxylation sites is 1. The van der Waals surface area contributed by atoms with Crippen LogP contribution in [0.25, 0.3) is 0 Å². The van der Waals surface area contributed by atoms with Crippen molar-refractivity contribution in [3.8, 4) is 5.75 Å². The van der Waals surface area contributed by atoms with Crippen molar-refractivity contribution in [2.45, 2.75) is 32.9 Å². The highest BCUT2D eigenvalue weighted by atomic mass is 32.1. The maximum Gasteiger partial charge on any atom is 0.290 e. The predicted molar refractivity (Wildman–Crippen MR) is 111 cm³/mol. The average molecular weight is 397 g/mol. The van der Waals surface area contributed by atoms with Gasteiger partial charge in [-0.25, -0.2) is 4.98 Å². The Morgan fingerprint density at radius 2 is 2.14 bits per heavy atom. The normalized spacial score (nSPS) is 10.8. The molecular formula is C22H24N2O3S. The molecule has 3 aromatic rings. The lowest BCUT2D eigenvalue weighted by Gasteiger charge is -2.18. The zero-order valence-electron chi connectivity index (χ0n) is 16.1. The molecule has 5 nitrogen and oxygen atoms in total. The Bertz CT molecular complexity index is 916. The number of rotatable bonds is 9. The lowest BCUT2D eigenvalue weighted by atomic mass is 10.0. The molecule has 1 aromatic carbocycles. The number of nitrogens with zero attached hydrogens (tertiary/aromatic N) is 2. The van der Waals surface area contributed by atoms with Crippen LogP contribution in [-0.2, 0) is 13.2 Å². The third-order valence-corrected chi connectivity index (χ3v) is 5.08. The Labute approximate surface area is 169 Å². The van der Waals surface area contributed by atoms with Crippen molar-refractivity contribution in [1.82, 2.24) is 9.88 Å².